The topological polar surface area (TPSA) is 12.9 Å². The first-order valence-electron chi connectivity index (χ1n) is 20.3. The molecule has 0 bridgehead atoms. The molecule has 7 aromatic carbocycles. The monoisotopic (exact) mass is 727 g/mol. The van der Waals surface area contributed by atoms with Crippen molar-refractivity contribution in [3.63, 3.8) is 0 Å². The van der Waals surface area contributed by atoms with E-state index in [0.29, 0.717) is 0 Å². The van der Waals surface area contributed by atoms with Crippen LogP contribution in [0.1, 0.15) is 53.3 Å². The molecule has 0 saturated carbocycles. The van der Waals surface area contributed by atoms with Gasteiger partial charge in [-0.15, -0.1) is 0 Å². The van der Waals surface area contributed by atoms with E-state index in [2.05, 4.69) is 201 Å². The second kappa shape index (κ2) is 13.4. The molecule has 11 rings (SSSR count). The third-order valence-corrected chi connectivity index (χ3v) is 12.4. The molecular formula is C56H41N. The lowest BCUT2D eigenvalue weighted by Gasteiger charge is -2.30. The Morgan fingerprint density at radius 1 is 0.526 bits per heavy atom. The molecule has 0 aliphatic heterocycles. The Morgan fingerprint density at radius 2 is 1.12 bits per heavy atom. The van der Waals surface area contributed by atoms with Crippen LogP contribution in [-0.4, -0.2) is 4.98 Å². The van der Waals surface area contributed by atoms with Gasteiger partial charge in [0.25, 0.3) is 0 Å². The summed E-state index contributed by atoms with van der Waals surface area (Å²) in [6, 6.07) is 57.2. The number of benzene rings is 7. The highest BCUT2D eigenvalue weighted by atomic mass is 14.7. The minimum absolute atomic E-state index is 0.352. The first-order valence-corrected chi connectivity index (χ1v) is 20.3. The molecule has 3 aliphatic rings. The summed E-state index contributed by atoms with van der Waals surface area (Å²) in [6.07, 6.45) is 18.4. The lowest BCUT2D eigenvalue weighted by Crippen LogP contribution is -2.25. The molecule has 0 radical (unpaired) electrons. The molecule has 1 aromatic heterocycles. The predicted octanol–water partition coefficient (Wildman–Crippen LogP) is 14.5. The third-order valence-electron chi connectivity index (χ3n) is 12.4. The Balaban J connectivity index is 1.03. The normalized spacial score (nSPS) is 14.5. The van der Waals surface area contributed by atoms with Gasteiger partial charge in [-0.1, -0.05) is 165 Å². The van der Waals surface area contributed by atoms with Crippen LogP contribution in [0.3, 0.4) is 0 Å². The van der Waals surface area contributed by atoms with Crippen molar-refractivity contribution in [3.05, 3.63) is 228 Å². The quantitative estimate of drug-likeness (QED) is 0.155. The molecule has 3 aliphatic carbocycles. The second-order valence-corrected chi connectivity index (χ2v) is 15.6. The SMILES string of the molecule is CC/C=C\Cc1cc(C2=CC=CCC=C2)c2cc(-c3ccc4ccc(-c5ccc6c(c5)C5(c7ccccc7-c7ccccc75)c5ccccc5-6)cc4c3)ccc2n1. The van der Waals surface area contributed by atoms with Gasteiger partial charge in [0.05, 0.1) is 10.9 Å². The minimum atomic E-state index is -0.352. The van der Waals surface area contributed by atoms with Gasteiger partial charge in [0.2, 0.25) is 0 Å². The Hall–Kier alpha value is -6.83. The van der Waals surface area contributed by atoms with Gasteiger partial charge in [0, 0.05) is 17.5 Å². The number of allylic oxidation sites excluding steroid dienone is 8. The van der Waals surface area contributed by atoms with E-state index >= 15 is 0 Å². The number of aromatic nitrogens is 1. The first-order chi connectivity index (χ1) is 28.2. The molecule has 0 N–H and O–H groups in total. The summed E-state index contributed by atoms with van der Waals surface area (Å²) in [5.41, 5.74) is 19.9. The Kier molecular flexibility index (Phi) is 7.89. The molecule has 8 aromatic rings. The summed E-state index contributed by atoms with van der Waals surface area (Å²) in [6.45, 7) is 2.17. The summed E-state index contributed by atoms with van der Waals surface area (Å²) in [4.78, 5) is 5.12. The molecule has 0 atom stereocenters. The van der Waals surface area contributed by atoms with Crippen LogP contribution in [0, 0.1) is 0 Å². The van der Waals surface area contributed by atoms with E-state index in [0.717, 1.165) is 30.5 Å². The number of pyridine rings is 1. The summed E-state index contributed by atoms with van der Waals surface area (Å²) >= 11 is 0. The molecule has 1 spiro atoms. The van der Waals surface area contributed by atoms with Crippen LogP contribution in [0.15, 0.2) is 194 Å². The van der Waals surface area contributed by atoms with E-state index in [-0.39, 0.29) is 5.41 Å². The van der Waals surface area contributed by atoms with Crippen LogP contribution < -0.4 is 0 Å². The Bertz CT molecular complexity index is 2990. The van der Waals surface area contributed by atoms with Gasteiger partial charge < -0.3 is 0 Å². The highest BCUT2D eigenvalue weighted by Crippen LogP contribution is 2.63. The van der Waals surface area contributed by atoms with E-state index in [1.807, 2.05) is 0 Å². The molecule has 1 nitrogen and oxygen atoms in total. The van der Waals surface area contributed by atoms with Crippen molar-refractivity contribution in [2.24, 2.45) is 0 Å². The Labute approximate surface area is 334 Å². The predicted molar refractivity (Wildman–Crippen MR) is 240 cm³/mol. The van der Waals surface area contributed by atoms with Crippen molar-refractivity contribution in [3.8, 4) is 44.5 Å². The molecule has 0 saturated heterocycles. The van der Waals surface area contributed by atoms with Crippen molar-refractivity contribution in [1.29, 1.82) is 0 Å². The van der Waals surface area contributed by atoms with Crippen LogP contribution in [0.2, 0.25) is 0 Å². The van der Waals surface area contributed by atoms with Gasteiger partial charge >= 0.3 is 0 Å². The zero-order valence-corrected chi connectivity index (χ0v) is 32.0. The van der Waals surface area contributed by atoms with Crippen molar-refractivity contribution in [1.82, 2.24) is 4.98 Å². The van der Waals surface area contributed by atoms with Crippen molar-refractivity contribution < 1.29 is 0 Å². The first kappa shape index (κ1) is 33.5. The van der Waals surface area contributed by atoms with E-state index in [4.69, 9.17) is 4.98 Å². The fourth-order valence-electron chi connectivity index (χ4n) is 9.81. The van der Waals surface area contributed by atoms with Crippen LogP contribution in [0.25, 0.3) is 71.8 Å². The Morgan fingerprint density at radius 3 is 1.81 bits per heavy atom. The summed E-state index contributed by atoms with van der Waals surface area (Å²) < 4.78 is 0. The molecule has 270 valence electrons. The number of nitrogens with zero attached hydrogens (tertiary/aromatic N) is 1. The third kappa shape index (κ3) is 5.26. The van der Waals surface area contributed by atoms with Crippen molar-refractivity contribution in [2.75, 3.05) is 0 Å². The van der Waals surface area contributed by atoms with E-state index in [9.17, 15) is 0 Å². The molecule has 0 unspecified atom stereocenters. The molecule has 1 heteroatoms. The molecular weight excluding hydrogens is 687 g/mol. The largest absolute Gasteiger partial charge is 0.252 e. The maximum Gasteiger partial charge on any atom is 0.0725 e. The number of fused-ring (bicyclic) bond motifs is 12. The highest BCUT2D eigenvalue weighted by Gasteiger charge is 2.51. The van der Waals surface area contributed by atoms with E-state index < -0.39 is 0 Å². The number of rotatable bonds is 6. The highest BCUT2D eigenvalue weighted by molar-refractivity contribution is 5.99. The van der Waals surface area contributed by atoms with Crippen LogP contribution in [-0.2, 0) is 11.8 Å². The maximum absolute atomic E-state index is 5.12. The lowest BCUT2D eigenvalue weighted by molar-refractivity contribution is 0.794. The summed E-state index contributed by atoms with van der Waals surface area (Å²) in [5, 5.41) is 3.65. The fourth-order valence-corrected chi connectivity index (χ4v) is 9.81. The fraction of sp³-hybridized carbons (Fsp3) is 0.0893. The summed E-state index contributed by atoms with van der Waals surface area (Å²) in [7, 11) is 0. The molecule has 0 amide bonds. The lowest BCUT2D eigenvalue weighted by atomic mass is 9.70. The summed E-state index contributed by atoms with van der Waals surface area (Å²) in [5.74, 6) is 0. The van der Waals surface area contributed by atoms with Crippen LogP contribution in [0.5, 0.6) is 0 Å². The van der Waals surface area contributed by atoms with Crippen molar-refractivity contribution >= 4 is 27.2 Å². The van der Waals surface area contributed by atoms with E-state index in [1.54, 1.807) is 0 Å². The second-order valence-electron chi connectivity index (χ2n) is 15.6. The minimum Gasteiger partial charge on any atom is -0.252 e. The zero-order valence-electron chi connectivity index (χ0n) is 32.0. The smallest absolute Gasteiger partial charge is 0.0725 e. The number of hydrogen-bond donors (Lipinski definition) is 0. The van der Waals surface area contributed by atoms with Crippen LogP contribution >= 0.6 is 0 Å². The molecule has 1 heterocycles. The van der Waals surface area contributed by atoms with Crippen LogP contribution in [0.4, 0.5) is 0 Å². The standard InChI is InChI=1S/C56H41N/c1-2-3-6-17-44-36-49(38-15-7-4-5-8-16-38)50-34-41(29-31-55(50)57-44)39-26-24-37-25-27-40(33-43(37)32-39)42-28-30-48-47-20-11-14-23-53(47)56(54(48)35-42)51-21-12-9-18-45(51)46-19-10-13-22-52(46)56/h3-4,6-16,18-36H,2,5,17H2,1H3/b6-3-. The van der Waals surface area contributed by atoms with Gasteiger partial charge in [0.1, 0.15) is 0 Å². The molecule has 0 fully saturated rings. The average Bonchev–Trinajstić information content (AvgIpc) is 3.55. The van der Waals surface area contributed by atoms with Gasteiger partial charge in [-0.3, -0.25) is 4.98 Å². The average molecular weight is 728 g/mol. The van der Waals surface area contributed by atoms with Crippen molar-refractivity contribution in [2.45, 2.75) is 31.6 Å². The van der Waals surface area contributed by atoms with Gasteiger partial charge in [-0.2, -0.15) is 0 Å². The van der Waals surface area contributed by atoms with Gasteiger partial charge in [-0.05, 0) is 138 Å². The van der Waals surface area contributed by atoms with E-state index in [1.165, 1.54) is 94.1 Å². The maximum atomic E-state index is 5.12. The number of hydrogen-bond acceptors (Lipinski definition) is 1. The van der Waals surface area contributed by atoms with Gasteiger partial charge in [0.15, 0.2) is 0 Å². The zero-order chi connectivity index (χ0) is 37.9. The van der Waals surface area contributed by atoms with Gasteiger partial charge in [-0.25, -0.2) is 0 Å². The molecule has 57 heavy (non-hydrogen) atoms.